The van der Waals surface area contributed by atoms with Crippen LogP contribution in [0.5, 0.6) is 0 Å². The van der Waals surface area contributed by atoms with Crippen molar-refractivity contribution in [3.8, 4) is 0 Å². The molecule has 0 atom stereocenters. The van der Waals surface area contributed by atoms with E-state index in [0.717, 1.165) is 11.4 Å². The number of halogens is 1. The van der Waals surface area contributed by atoms with Crippen molar-refractivity contribution in [1.82, 2.24) is 9.78 Å². The summed E-state index contributed by atoms with van der Waals surface area (Å²) < 4.78 is 1.71. The highest BCUT2D eigenvalue weighted by Gasteiger charge is 2.07. The second-order valence-corrected chi connectivity index (χ2v) is 2.55. The Morgan fingerprint density at radius 3 is 2.50 bits per heavy atom. The molecule has 0 fully saturated rings. The van der Waals surface area contributed by atoms with Crippen LogP contribution >= 0.6 is 11.6 Å². The van der Waals surface area contributed by atoms with Crippen LogP contribution in [0.3, 0.4) is 0 Å². The molecule has 1 aromatic rings. The van der Waals surface area contributed by atoms with Gasteiger partial charge in [-0.25, -0.2) is 0 Å². The molecule has 0 saturated heterocycles. The van der Waals surface area contributed by atoms with Crippen LogP contribution in [0.4, 0.5) is 0 Å². The molecule has 1 aromatic heterocycles. The standard InChI is InChI=1S/C6H10ClN3/c1-4-6(7)5(3-8)10(2)9-4/h3,8H2,1-2H3. The quantitative estimate of drug-likeness (QED) is 0.660. The van der Waals surface area contributed by atoms with Crippen LogP contribution in [-0.2, 0) is 13.6 Å². The minimum atomic E-state index is 0.441. The van der Waals surface area contributed by atoms with Gasteiger partial charge in [-0.2, -0.15) is 5.10 Å². The second-order valence-electron chi connectivity index (χ2n) is 2.17. The van der Waals surface area contributed by atoms with E-state index >= 15 is 0 Å². The Balaban J connectivity index is 3.20. The molecule has 10 heavy (non-hydrogen) atoms. The molecule has 3 nitrogen and oxygen atoms in total. The van der Waals surface area contributed by atoms with Crippen molar-refractivity contribution in [2.75, 3.05) is 0 Å². The van der Waals surface area contributed by atoms with Crippen LogP contribution in [0.2, 0.25) is 5.02 Å². The molecule has 0 amide bonds. The molecule has 0 aromatic carbocycles. The fourth-order valence-electron chi connectivity index (χ4n) is 0.902. The molecule has 0 aliphatic carbocycles. The van der Waals surface area contributed by atoms with Gasteiger partial charge in [0.1, 0.15) is 0 Å². The van der Waals surface area contributed by atoms with Gasteiger partial charge in [0, 0.05) is 13.6 Å². The van der Waals surface area contributed by atoms with Crippen LogP contribution in [0.15, 0.2) is 0 Å². The van der Waals surface area contributed by atoms with Crippen LogP contribution in [-0.4, -0.2) is 9.78 Å². The molecule has 0 radical (unpaired) electrons. The zero-order valence-electron chi connectivity index (χ0n) is 6.06. The smallest absolute Gasteiger partial charge is 0.0860 e. The number of nitrogens with zero attached hydrogens (tertiary/aromatic N) is 2. The maximum Gasteiger partial charge on any atom is 0.0860 e. The van der Waals surface area contributed by atoms with Crippen LogP contribution in [0.1, 0.15) is 11.4 Å². The van der Waals surface area contributed by atoms with Gasteiger partial charge in [0.2, 0.25) is 0 Å². The maximum atomic E-state index is 5.85. The number of aromatic nitrogens is 2. The summed E-state index contributed by atoms with van der Waals surface area (Å²) >= 11 is 5.85. The first-order valence-electron chi connectivity index (χ1n) is 3.05. The zero-order chi connectivity index (χ0) is 7.72. The van der Waals surface area contributed by atoms with E-state index in [9.17, 15) is 0 Å². The van der Waals surface area contributed by atoms with Gasteiger partial charge >= 0.3 is 0 Å². The Labute approximate surface area is 64.8 Å². The predicted molar refractivity (Wildman–Crippen MR) is 40.8 cm³/mol. The molecular weight excluding hydrogens is 150 g/mol. The summed E-state index contributed by atoms with van der Waals surface area (Å²) in [6, 6.07) is 0. The lowest BCUT2D eigenvalue weighted by atomic mass is 10.4. The van der Waals surface area contributed by atoms with Crippen molar-refractivity contribution in [3.63, 3.8) is 0 Å². The number of nitrogens with two attached hydrogens (primary N) is 1. The number of hydrogen-bond donors (Lipinski definition) is 1. The second kappa shape index (κ2) is 2.60. The minimum absolute atomic E-state index is 0.441. The van der Waals surface area contributed by atoms with Crippen molar-refractivity contribution < 1.29 is 0 Å². The monoisotopic (exact) mass is 159 g/mol. The van der Waals surface area contributed by atoms with Crippen molar-refractivity contribution >= 4 is 11.6 Å². The molecule has 0 unspecified atom stereocenters. The Bertz CT molecular complexity index is 241. The van der Waals surface area contributed by atoms with Crippen LogP contribution in [0.25, 0.3) is 0 Å². The third kappa shape index (κ3) is 1.02. The lowest BCUT2D eigenvalue weighted by Crippen LogP contribution is -2.04. The highest BCUT2D eigenvalue weighted by molar-refractivity contribution is 6.31. The van der Waals surface area contributed by atoms with E-state index in [1.54, 1.807) is 4.68 Å². The Morgan fingerprint density at radius 2 is 2.30 bits per heavy atom. The van der Waals surface area contributed by atoms with E-state index in [4.69, 9.17) is 17.3 Å². The summed E-state index contributed by atoms with van der Waals surface area (Å²) in [6.07, 6.45) is 0. The number of rotatable bonds is 1. The van der Waals surface area contributed by atoms with E-state index in [1.165, 1.54) is 0 Å². The third-order valence-corrected chi connectivity index (χ3v) is 1.95. The summed E-state index contributed by atoms with van der Waals surface area (Å²) in [7, 11) is 1.83. The predicted octanol–water partition coefficient (Wildman–Crippen LogP) is 0.841. The van der Waals surface area contributed by atoms with Crippen molar-refractivity contribution in [3.05, 3.63) is 16.4 Å². The highest BCUT2D eigenvalue weighted by Crippen LogP contribution is 2.17. The molecule has 0 bridgehead atoms. The Morgan fingerprint density at radius 1 is 1.70 bits per heavy atom. The lowest BCUT2D eigenvalue weighted by molar-refractivity contribution is 0.705. The molecule has 2 N–H and O–H groups in total. The SMILES string of the molecule is Cc1nn(C)c(CN)c1Cl. The van der Waals surface area contributed by atoms with Crippen LogP contribution < -0.4 is 5.73 Å². The average molecular weight is 160 g/mol. The Hall–Kier alpha value is -0.540. The van der Waals surface area contributed by atoms with Gasteiger partial charge in [-0.05, 0) is 6.92 Å². The summed E-state index contributed by atoms with van der Waals surface area (Å²) in [5.41, 5.74) is 7.15. The molecule has 56 valence electrons. The average Bonchev–Trinajstić information content (AvgIpc) is 2.09. The Kier molecular flexibility index (Phi) is 1.97. The van der Waals surface area contributed by atoms with Crippen molar-refractivity contribution in [1.29, 1.82) is 0 Å². The molecule has 0 aliphatic heterocycles. The number of aryl methyl sites for hydroxylation is 2. The maximum absolute atomic E-state index is 5.85. The first-order valence-corrected chi connectivity index (χ1v) is 3.42. The number of hydrogen-bond acceptors (Lipinski definition) is 2. The van der Waals surface area contributed by atoms with Crippen molar-refractivity contribution in [2.45, 2.75) is 13.5 Å². The molecule has 0 spiro atoms. The van der Waals surface area contributed by atoms with Gasteiger partial charge < -0.3 is 5.73 Å². The van der Waals surface area contributed by atoms with Gasteiger partial charge in [0.15, 0.2) is 0 Å². The van der Waals surface area contributed by atoms with E-state index in [2.05, 4.69) is 5.10 Å². The molecule has 1 heterocycles. The lowest BCUT2D eigenvalue weighted by Gasteiger charge is -1.95. The van der Waals surface area contributed by atoms with E-state index in [0.29, 0.717) is 11.6 Å². The summed E-state index contributed by atoms with van der Waals surface area (Å²) in [4.78, 5) is 0. The molecule has 0 aliphatic rings. The molecule has 4 heteroatoms. The van der Waals surface area contributed by atoms with Gasteiger partial charge in [0.05, 0.1) is 16.4 Å². The summed E-state index contributed by atoms with van der Waals surface area (Å²) in [6.45, 7) is 2.30. The molecule has 1 rings (SSSR count). The fourth-order valence-corrected chi connectivity index (χ4v) is 1.14. The molecular formula is C6H10ClN3. The van der Waals surface area contributed by atoms with Gasteiger partial charge in [-0.3, -0.25) is 4.68 Å². The largest absolute Gasteiger partial charge is 0.325 e. The van der Waals surface area contributed by atoms with Crippen LogP contribution in [0, 0.1) is 6.92 Å². The molecule has 0 saturated carbocycles. The van der Waals surface area contributed by atoms with Gasteiger partial charge in [-0.1, -0.05) is 11.6 Å². The van der Waals surface area contributed by atoms with E-state index in [1.807, 2.05) is 14.0 Å². The van der Waals surface area contributed by atoms with Gasteiger partial charge in [-0.15, -0.1) is 0 Å². The normalized spacial score (nSPS) is 10.4. The summed E-state index contributed by atoms with van der Waals surface area (Å²) in [5.74, 6) is 0. The van der Waals surface area contributed by atoms with E-state index < -0.39 is 0 Å². The highest BCUT2D eigenvalue weighted by atomic mass is 35.5. The first kappa shape index (κ1) is 7.57. The zero-order valence-corrected chi connectivity index (χ0v) is 6.81. The topological polar surface area (TPSA) is 43.8 Å². The first-order chi connectivity index (χ1) is 4.66. The fraction of sp³-hybridized carbons (Fsp3) is 0.500. The summed E-state index contributed by atoms with van der Waals surface area (Å²) in [5, 5.41) is 4.77. The van der Waals surface area contributed by atoms with E-state index in [-0.39, 0.29) is 0 Å². The van der Waals surface area contributed by atoms with Crippen molar-refractivity contribution in [2.24, 2.45) is 12.8 Å². The van der Waals surface area contributed by atoms with Gasteiger partial charge in [0.25, 0.3) is 0 Å². The third-order valence-electron chi connectivity index (χ3n) is 1.45. The minimum Gasteiger partial charge on any atom is -0.325 e.